The van der Waals surface area contributed by atoms with Crippen molar-refractivity contribution in [2.24, 2.45) is 10.9 Å². The van der Waals surface area contributed by atoms with Gasteiger partial charge in [-0.3, -0.25) is 4.99 Å². The molecule has 20 heavy (non-hydrogen) atoms. The maximum absolute atomic E-state index is 5.58. The van der Waals surface area contributed by atoms with Gasteiger partial charge in [-0.05, 0) is 38.5 Å². The fourth-order valence-electron chi connectivity index (χ4n) is 2.51. The maximum atomic E-state index is 5.58. The van der Waals surface area contributed by atoms with Gasteiger partial charge in [-0.25, -0.2) is 0 Å². The second-order valence-electron chi connectivity index (χ2n) is 5.75. The van der Waals surface area contributed by atoms with Crippen LogP contribution < -0.4 is 5.32 Å². The van der Waals surface area contributed by atoms with Gasteiger partial charge in [0.25, 0.3) is 0 Å². The molecule has 4 heteroatoms. The summed E-state index contributed by atoms with van der Waals surface area (Å²) in [6.07, 6.45) is 6.02. The predicted octanol–water partition coefficient (Wildman–Crippen LogP) is 2.89. The Morgan fingerprint density at radius 2 is 2.10 bits per heavy atom. The minimum atomic E-state index is 0.782. The summed E-state index contributed by atoms with van der Waals surface area (Å²) in [6.45, 7) is 12.5. The van der Waals surface area contributed by atoms with Gasteiger partial charge in [-0.2, -0.15) is 0 Å². The topological polar surface area (TPSA) is 36.9 Å². The molecule has 1 atom stereocenters. The van der Waals surface area contributed by atoms with Crippen molar-refractivity contribution < 1.29 is 4.74 Å². The number of nitrogens with one attached hydrogen (secondary N) is 1. The number of guanidine groups is 1. The molecule has 0 aromatic carbocycles. The normalized spacial score (nSPS) is 20.2. The first-order chi connectivity index (χ1) is 9.77. The van der Waals surface area contributed by atoms with Gasteiger partial charge in [-0.15, -0.1) is 0 Å². The molecule has 1 saturated heterocycles. The van der Waals surface area contributed by atoms with Crippen LogP contribution in [0.2, 0.25) is 0 Å². The molecule has 0 radical (unpaired) electrons. The number of hydrogen-bond donors (Lipinski definition) is 1. The number of ether oxygens (including phenoxy) is 1. The summed E-state index contributed by atoms with van der Waals surface area (Å²) in [5.74, 6) is 1.87. The first-order valence-electron chi connectivity index (χ1n) is 8.38. The molecule has 1 N–H and O–H groups in total. The molecule has 1 heterocycles. The molecule has 0 saturated carbocycles. The van der Waals surface area contributed by atoms with Crippen LogP contribution in [0.5, 0.6) is 0 Å². The SMILES string of the molecule is CCCCOCCCN=C(NCC)N1CCCC(C)C1. The summed E-state index contributed by atoms with van der Waals surface area (Å²) in [7, 11) is 0. The predicted molar refractivity (Wildman–Crippen MR) is 86.3 cm³/mol. The van der Waals surface area contributed by atoms with Crippen molar-refractivity contribution in [3.8, 4) is 0 Å². The molecule has 0 aliphatic carbocycles. The number of likely N-dealkylation sites (tertiary alicyclic amines) is 1. The Bertz CT molecular complexity index is 268. The molecular formula is C16H33N3O. The van der Waals surface area contributed by atoms with Gasteiger partial charge < -0.3 is 15.0 Å². The summed E-state index contributed by atoms with van der Waals surface area (Å²) in [4.78, 5) is 7.15. The van der Waals surface area contributed by atoms with Crippen molar-refractivity contribution >= 4 is 5.96 Å². The van der Waals surface area contributed by atoms with Gasteiger partial charge in [0.1, 0.15) is 0 Å². The van der Waals surface area contributed by atoms with Crippen molar-refractivity contribution in [2.75, 3.05) is 39.4 Å². The van der Waals surface area contributed by atoms with Crippen LogP contribution in [-0.4, -0.2) is 50.3 Å². The lowest BCUT2D eigenvalue weighted by molar-refractivity contribution is 0.130. The van der Waals surface area contributed by atoms with E-state index in [-0.39, 0.29) is 0 Å². The summed E-state index contributed by atoms with van der Waals surface area (Å²) in [5.41, 5.74) is 0. The minimum absolute atomic E-state index is 0.782. The molecule has 1 aliphatic heterocycles. The van der Waals surface area contributed by atoms with Gasteiger partial charge in [0.2, 0.25) is 0 Å². The van der Waals surface area contributed by atoms with Crippen molar-refractivity contribution in [2.45, 2.75) is 52.9 Å². The molecule has 0 amide bonds. The molecule has 0 bridgehead atoms. The van der Waals surface area contributed by atoms with Crippen LogP contribution in [0.15, 0.2) is 4.99 Å². The molecule has 0 aromatic rings. The number of rotatable bonds is 8. The van der Waals surface area contributed by atoms with E-state index >= 15 is 0 Å². The molecule has 1 unspecified atom stereocenters. The van der Waals surface area contributed by atoms with E-state index in [4.69, 9.17) is 9.73 Å². The van der Waals surface area contributed by atoms with Crippen molar-refractivity contribution in [3.63, 3.8) is 0 Å². The zero-order chi connectivity index (χ0) is 14.6. The van der Waals surface area contributed by atoms with Gasteiger partial charge >= 0.3 is 0 Å². The Labute approximate surface area is 125 Å². The van der Waals surface area contributed by atoms with Crippen LogP contribution in [-0.2, 0) is 4.74 Å². The van der Waals surface area contributed by atoms with Crippen LogP contribution in [0.25, 0.3) is 0 Å². The molecule has 4 nitrogen and oxygen atoms in total. The Morgan fingerprint density at radius 3 is 2.80 bits per heavy atom. The highest BCUT2D eigenvalue weighted by Crippen LogP contribution is 2.15. The lowest BCUT2D eigenvalue weighted by atomic mass is 10.0. The largest absolute Gasteiger partial charge is 0.381 e. The third-order valence-corrected chi connectivity index (χ3v) is 3.64. The van der Waals surface area contributed by atoms with Crippen LogP contribution in [0.3, 0.4) is 0 Å². The lowest BCUT2D eigenvalue weighted by Gasteiger charge is -2.33. The second kappa shape index (κ2) is 11.0. The zero-order valence-corrected chi connectivity index (χ0v) is 13.7. The van der Waals surface area contributed by atoms with E-state index < -0.39 is 0 Å². The van der Waals surface area contributed by atoms with Crippen LogP contribution >= 0.6 is 0 Å². The quantitative estimate of drug-likeness (QED) is 0.423. The fourth-order valence-corrected chi connectivity index (χ4v) is 2.51. The van der Waals surface area contributed by atoms with Crippen molar-refractivity contribution in [1.29, 1.82) is 0 Å². The van der Waals surface area contributed by atoms with Gasteiger partial charge in [0, 0.05) is 39.4 Å². The summed E-state index contributed by atoms with van der Waals surface area (Å²) >= 11 is 0. The first-order valence-corrected chi connectivity index (χ1v) is 8.38. The second-order valence-corrected chi connectivity index (χ2v) is 5.75. The standard InChI is InChI=1S/C16H33N3O/c1-4-6-12-20-13-8-10-18-16(17-5-2)19-11-7-9-15(3)14-19/h15H,4-14H2,1-3H3,(H,17,18). The molecule has 0 aromatic heterocycles. The Kier molecular flexibility index (Phi) is 9.46. The fraction of sp³-hybridized carbons (Fsp3) is 0.938. The summed E-state index contributed by atoms with van der Waals surface area (Å²) < 4.78 is 5.58. The monoisotopic (exact) mass is 283 g/mol. The first kappa shape index (κ1) is 17.3. The Hall–Kier alpha value is -0.770. The highest BCUT2D eigenvalue weighted by molar-refractivity contribution is 5.80. The number of hydrogen-bond acceptors (Lipinski definition) is 2. The molecule has 0 spiro atoms. The van der Waals surface area contributed by atoms with Gasteiger partial charge in [0.15, 0.2) is 5.96 Å². The average Bonchev–Trinajstić information content (AvgIpc) is 2.45. The third kappa shape index (κ3) is 7.13. The van der Waals surface area contributed by atoms with Crippen molar-refractivity contribution in [1.82, 2.24) is 10.2 Å². The van der Waals surface area contributed by atoms with Crippen molar-refractivity contribution in [3.05, 3.63) is 0 Å². The highest BCUT2D eigenvalue weighted by atomic mass is 16.5. The number of unbranched alkanes of at least 4 members (excludes halogenated alkanes) is 1. The maximum Gasteiger partial charge on any atom is 0.193 e. The highest BCUT2D eigenvalue weighted by Gasteiger charge is 2.18. The van der Waals surface area contributed by atoms with Gasteiger partial charge in [-0.1, -0.05) is 20.3 Å². The number of piperidine rings is 1. The molecule has 1 fully saturated rings. The van der Waals surface area contributed by atoms with Gasteiger partial charge in [0.05, 0.1) is 0 Å². The molecule has 1 aliphatic rings. The van der Waals surface area contributed by atoms with E-state index in [1.807, 2.05) is 0 Å². The van der Waals surface area contributed by atoms with E-state index in [1.165, 1.54) is 19.3 Å². The van der Waals surface area contributed by atoms with E-state index in [0.717, 1.165) is 64.1 Å². The molecular weight excluding hydrogens is 250 g/mol. The number of nitrogens with zero attached hydrogens (tertiary/aromatic N) is 2. The van der Waals surface area contributed by atoms with Crippen LogP contribution in [0.4, 0.5) is 0 Å². The Balaban J connectivity index is 2.27. The van der Waals surface area contributed by atoms with E-state index in [9.17, 15) is 0 Å². The molecule has 1 rings (SSSR count). The summed E-state index contributed by atoms with van der Waals surface area (Å²) in [6, 6.07) is 0. The average molecular weight is 283 g/mol. The smallest absolute Gasteiger partial charge is 0.193 e. The molecule has 118 valence electrons. The Morgan fingerprint density at radius 1 is 1.30 bits per heavy atom. The van der Waals surface area contributed by atoms with Crippen LogP contribution in [0, 0.1) is 5.92 Å². The van der Waals surface area contributed by atoms with E-state index in [2.05, 4.69) is 31.0 Å². The van der Waals surface area contributed by atoms with Crippen LogP contribution in [0.1, 0.15) is 52.9 Å². The van der Waals surface area contributed by atoms with E-state index in [0.29, 0.717) is 0 Å². The zero-order valence-electron chi connectivity index (χ0n) is 13.7. The van der Waals surface area contributed by atoms with E-state index in [1.54, 1.807) is 0 Å². The number of aliphatic imine (C=N–C) groups is 1. The third-order valence-electron chi connectivity index (χ3n) is 3.64. The minimum Gasteiger partial charge on any atom is -0.381 e. The lowest BCUT2D eigenvalue weighted by Crippen LogP contribution is -2.46. The summed E-state index contributed by atoms with van der Waals surface area (Å²) in [5, 5.41) is 3.42.